The van der Waals surface area contributed by atoms with Gasteiger partial charge in [-0.05, 0) is 25.7 Å². The Morgan fingerprint density at radius 2 is 2.06 bits per heavy atom. The number of fused-ring (bicyclic) bond motifs is 4. The molecule has 3 nitrogen and oxygen atoms in total. The molecule has 18 heavy (non-hydrogen) atoms. The topological polar surface area (TPSA) is 38.8 Å². The lowest BCUT2D eigenvalue weighted by molar-refractivity contribution is -0.141. The van der Waals surface area contributed by atoms with E-state index in [1.807, 2.05) is 0 Å². The highest BCUT2D eigenvalue weighted by Crippen LogP contribution is 2.58. The number of ether oxygens (including phenoxy) is 2. The van der Waals surface area contributed by atoms with Crippen LogP contribution in [-0.2, 0) is 14.3 Å². The standard InChI is InChI=1S/C15H18O3/c1-8-3-4-11-12(8)13-10(9(2)14(16)18-13)5-6-15(11)7-17-15/h10-13H,1-7H2/t10-,11+,12-,13-,15-/m0/s1. The summed E-state index contributed by atoms with van der Waals surface area (Å²) >= 11 is 0. The molecule has 4 fully saturated rings. The van der Waals surface area contributed by atoms with Gasteiger partial charge in [0.2, 0.25) is 0 Å². The van der Waals surface area contributed by atoms with Crippen molar-refractivity contribution in [1.29, 1.82) is 0 Å². The van der Waals surface area contributed by atoms with Gasteiger partial charge in [0.1, 0.15) is 6.10 Å². The molecular formula is C15H18O3. The van der Waals surface area contributed by atoms with E-state index in [0.717, 1.165) is 32.3 Å². The number of carbonyl (C=O) groups is 1. The number of esters is 1. The van der Waals surface area contributed by atoms with E-state index in [0.29, 0.717) is 17.4 Å². The van der Waals surface area contributed by atoms with Crippen LogP contribution in [0.15, 0.2) is 24.3 Å². The van der Waals surface area contributed by atoms with Crippen LogP contribution in [0, 0.1) is 17.8 Å². The van der Waals surface area contributed by atoms with Crippen molar-refractivity contribution in [1.82, 2.24) is 0 Å². The maximum Gasteiger partial charge on any atom is 0.334 e. The lowest BCUT2D eigenvalue weighted by atomic mass is 9.79. The normalized spacial score (nSPS) is 49.9. The minimum absolute atomic E-state index is 0.0198. The van der Waals surface area contributed by atoms with E-state index in [1.165, 1.54) is 5.57 Å². The molecule has 0 aromatic carbocycles. The summed E-state index contributed by atoms with van der Waals surface area (Å²) in [6.45, 7) is 9.01. The van der Waals surface area contributed by atoms with Crippen LogP contribution in [0.5, 0.6) is 0 Å². The number of hydrogen-bond acceptors (Lipinski definition) is 3. The van der Waals surface area contributed by atoms with Gasteiger partial charge in [-0.25, -0.2) is 4.79 Å². The van der Waals surface area contributed by atoms with Crippen molar-refractivity contribution >= 4 is 5.97 Å². The van der Waals surface area contributed by atoms with Crippen molar-refractivity contribution in [3.05, 3.63) is 24.3 Å². The molecule has 4 aliphatic rings. The molecule has 2 aliphatic carbocycles. The Kier molecular flexibility index (Phi) is 1.96. The molecule has 1 spiro atoms. The lowest BCUT2D eigenvalue weighted by Crippen LogP contribution is -2.33. The van der Waals surface area contributed by atoms with Crippen LogP contribution in [0.1, 0.15) is 25.7 Å². The second-order valence-electron chi connectivity index (χ2n) is 6.22. The van der Waals surface area contributed by atoms with E-state index < -0.39 is 0 Å². The number of epoxide rings is 1. The summed E-state index contributed by atoms with van der Waals surface area (Å²) in [5.41, 5.74) is 1.98. The van der Waals surface area contributed by atoms with Gasteiger partial charge in [-0.2, -0.15) is 0 Å². The molecule has 0 aromatic heterocycles. The van der Waals surface area contributed by atoms with Gasteiger partial charge in [-0.3, -0.25) is 0 Å². The second-order valence-corrected chi connectivity index (χ2v) is 6.22. The average Bonchev–Trinajstić information content (AvgIpc) is 2.99. The molecule has 0 aromatic rings. The summed E-state index contributed by atoms with van der Waals surface area (Å²) < 4.78 is 11.4. The maximum absolute atomic E-state index is 11.7. The van der Waals surface area contributed by atoms with Gasteiger partial charge in [-0.1, -0.05) is 18.7 Å². The van der Waals surface area contributed by atoms with E-state index in [-0.39, 0.29) is 23.6 Å². The van der Waals surface area contributed by atoms with Crippen molar-refractivity contribution in [2.75, 3.05) is 6.61 Å². The third-order valence-electron chi connectivity index (χ3n) is 5.45. The fourth-order valence-corrected chi connectivity index (χ4v) is 4.35. The first kappa shape index (κ1) is 10.8. The molecule has 96 valence electrons. The SMILES string of the molecule is C=C1CC[C@@H]2[C@H]1[C@H]1OC(=O)C(=C)[C@@H]1CC[C@]21CO1. The third-order valence-corrected chi connectivity index (χ3v) is 5.45. The molecule has 0 amide bonds. The Hall–Kier alpha value is -1.09. The van der Waals surface area contributed by atoms with E-state index in [4.69, 9.17) is 9.47 Å². The summed E-state index contributed by atoms with van der Waals surface area (Å²) in [5.74, 6) is 0.779. The highest BCUT2D eigenvalue weighted by molar-refractivity contribution is 5.90. The Bertz CT molecular complexity index is 460. The van der Waals surface area contributed by atoms with Crippen LogP contribution in [0.25, 0.3) is 0 Å². The average molecular weight is 246 g/mol. The van der Waals surface area contributed by atoms with Gasteiger partial charge in [0.05, 0.1) is 12.2 Å². The highest BCUT2D eigenvalue weighted by atomic mass is 16.6. The first-order chi connectivity index (χ1) is 8.62. The smallest absolute Gasteiger partial charge is 0.334 e. The van der Waals surface area contributed by atoms with E-state index in [2.05, 4.69) is 13.2 Å². The molecule has 2 saturated heterocycles. The van der Waals surface area contributed by atoms with Gasteiger partial charge in [0.15, 0.2) is 0 Å². The zero-order valence-corrected chi connectivity index (χ0v) is 10.5. The molecule has 0 unspecified atom stereocenters. The maximum atomic E-state index is 11.7. The van der Waals surface area contributed by atoms with Gasteiger partial charge >= 0.3 is 5.97 Å². The van der Waals surface area contributed by atoms with Gasteiger partial charge < -0.3 is 9.47 Å². The highest BCUT2D eigenvalue weighted by Gasteiger charge is 2.62. The molecule has 0 bridgehead atoms. The molecule has 2 aliphatic heterocycles. The fourth-order valence-electron chi connectivity index (χ4n) is 4.35. The molecule has 0 radical (unpaired) electrons. The van der Waals surface area contributed by atoms with Crippen LogP contribution in [0.2, 0.25) is 0 Å². The zero-order chi connectivity index (χ0) is 12.5. The van der Waals surface area contributed by atoms with Crippen molar-refractivity contribution < 1.29 is 14.3 Å². The van der Waals surface area contributed by atoms with Crippen molar-refractivity contribution in [2.45, 2.75) is 37.4 Å². The summed E-state index contributed by atoms with van der Waals surface area (Å²) in [4.78, 5) is 11.7. The number of hydrogen-bond donors (Lipinski definition) is 0. The monoisotopic (exact) mass is 246 g/mol. The summed E-state index contributed by atoms with van der Waals surface area (Å²) in [5, 5.41) is 0. The summed E-state index contributed by atoms with van der Waals surface area (Å²) in [6.07, 6.45) is 4.17. The molecule has 2 saturated carbocycles. The Morgan fingerprint density at radius 1 is 1.28 bits per heavy atom. The quantitative estimate of drug-likeness (QED) is 0.285. The largest absolute Gasteiger partial charge is 0.458 e. The minimum atomic E-state index is -0.198. The van der Waals surface area contributed by atoms with E-state index in [1.54, 1.807) is 0 Å². The molecular weight excluding hydrogens is 228 g/mol. The second kappa shape index (κ2) is 3.27. The fraction of sp³-hybridized carbons (Fsp3) is 0.667. The number of rotatable bonds is 0. The molecule has 5 atom stereocenters. The van der Waals surface area contributed by atoms with E-state index in [9.17, 15) is 4.79 Å². The first-order valence-electron chi connectivity index (χ1n) is 6.84. The molecule has 4 rings (SSSR count). The Morgan fingerprint density at radius 3 is 2.78 bits per heavy atom. The van der Waals surface area contributed by atoms with Gasteiger partial charge in [-0.15, -0.1) is 0 Å². The molecule has 0 N–H and O–H groups in total. The van der Waals surface area contributed by atoms with Crippen LogP contribution in [-0.4, -0.2) is 24.3 Å². The third kappa shape index (κ3) is 1.21. The zero-order valence-electron chi connectivity index (χ0n) is 10.5. The van der Waals surface area contributed by atoms with Crippen molar-refractivity contribution in [3.63, 3.8) is 0 Å². The van der Waals surface area contributed by atoms with Gasteiger partial charge in [0.25, 0.3) is 0 Å². The Balaban J connectivity index is 1.76. The van der Waals surface area contributed by atoms with E-state index >= 15 is 0 Å². The first-order valence-corrected chi connectivity index (χ1v) is 6.84. The molecule has 3 heteroatoms. The number of carbonyl (C=O) groups excluding carboxylic acids is 1. The van der Waals surface area contributed by atoms with Crippen LogP contribution in [0.4, 0.5) is 0 Å². The minimum Gasteiger partial charge on any atom is -0.458 e. The van der Waals surface area contributed by atoms with Crippen molar-refractivity contribution in [2.24, 2.45) is 17.8 Å². The predicted molar refractivity (Wildman–Crippen MR) is 65.8 cm³/mol. The van der Waals surface area contributed by atoms with Crippen LogP contribution in [0.3, 0.4) is 0 Å². The van der Waals surface area contributed by atoms with Crippen molar-refractivity contribution in [3.8, 4) is 0 Å². The van der Waals surface area contributed by atoms with Crippen LogP contribution < -0.4 is 0 Å². The van der Waals surface area contributed by atoms with Crippen LogP contribution >= 0.6 is 0 Å². The molecule has 2 heterocycles. The van der Waals surface area contributed by atoms with Gasteiger partial charge in [0, 0.05) is 23.3 Å². The lowest BCUT2D eigenvalue weighted by Gasteiger charge is -2.27. The predicted octanol–water partition coefficient (Wildman–Crippen LogP) is 2.23. The summed E-state index contributed by atoms with van der Waals surface area (Å²) in [7, 11) is 0. The summed E-state index contributed by atoms with van der Waals surface area (Å²) in [6, 6.07) is 0. The Labute approximate surface area is 107 Å².